The predicted octanol–water partition coefficient (Wildman–Crippen LogP) is 1.63. The first-order valence-electron chi connectivity index (χ1n) is 3.71. The van der Waals surface area contributed by atoms with Crippen molar-refractivity contribution in [1.29, 1.82) is 0 Å². The van der Waals surface area contributed by atoms with E-state index in [1.165, 1.54) is 6.92 Å². The number of alkyl halides is 2. The van der Waals surface area contributed by atoms with Gasteiger partial charge in [0.05, 0.1) is 10.7 Å². The van der Waals surface area contributed by atoms with Crippen molar-refractivity contribution in [3.8, 4) is 0 Å². The summed E-state index contributed by atoms with van der Waals surface area (Å²) in [5, 5.41) is 3.90. The molecular weight excluding hydrogens is 250 g/mol. The van der Waals surface area contributed by atoms with Crippen LogP contribution >= 0.6 is 11.6 Å². The number of primary sulfonamides is 1. The zero-order chi connectivity index (χ0) is 11.8. The lowest BCUT2D eigenvalue weighted by Crippen LogP contribution is -2.15. The smallest absolute Gasteiger partial charge is 0.239 e. The molecule has 8 heteroatoms. The first-order valence-corrected chi connectivity index (χ1v) is 5.64. The molecule has 15 heavy (non-hydrogen) atoms. The third kappa shape index (κ3) is 2.61. The fourth-order valence-corrected chi connectivity index (χ4v) is 1.69. The van der Waals surface area contributed by atoms with E-state index >= 15 is 0 Å². The second-order valence-electron chi connectivity index (χ2n) is 2.79. The molecule has 2 N–H and O–H groups in total. The number of nitrogens with two attached hydrogens (primary N) is 1. The van der Waals surface area contributed by atoms with Crippen molar-refractivity contribution in [3.63, 3.8) is 0 Å². The Balaban J connectivity index is 3.50. The molecule has 0 aliphatic rings. The van der Waals surface area contributed by atoms with Gasteiger partial charge in [-0.1, -0.05) is 11.6 Å². The normalized spacial score (nSPS) is 12.1. The first-order chi connectivity index (χ1) is 6.73. The summed E-state index contributed by atoms with van der Waals surface area (Å²) in [6.45, 7) is 1.32. The molecule has 0 saturated carbocycles. The third-order valence-electron chi connectivity index (χ3n) is 1.65. The molecule has 0 saturated heterocycles. The second kappa shape index (κ2) is 3.99. The molecule has 1 heterocycles. The molecule has 0 spiro atoms. The highest BCUT2D eigenvalue weighted by Gasteiger charge is 2.20. The first kappa shape index (κ1) is 12.3. The Morgan fingerprint density at radius 3 is 2.47 bits per heavy atom. The monoisotopic (exact) mass is 256 g/mol. The van der Waals surface area contributed by atoms with Gasteiger partial charge in [0.15, 0.2) is 5.03 Å². The highest BCUT2D eigenvalue weighted by molar-refractivity contribution is 7.89. The third-order valence-corrected chi connectivity index (χ3v) is 2.94. The van der Waals surface area contributed by atoms with Crippen LogP contribution in [0.25, 0.3) is 0 Å². The lowest BCUT2D eigenvalue weighted by atomic mass is 10.2. The molecule has 0 aliphatic heterocycles. The minimum Gasteiger partial charge on any atom is -0.239 e. The van der Waals surface area contributed by atoms with Crippen LogP contribution in [0.2, 0.25) is 5.02 Å². The van der Waals surface area contributed by atoms with Gasteiger partial charge in [-0.3, -0.25) is 0 Å². The summed E-state index contributed by atoms with van der Waals surface area (Å²) in [6, 6.07) is 0.676. The maximum Gasteiger partial charge on any atom is 0.265 e. The summed E-state index contributed by atoms with van der Waals surface area (Å²) in [5.74, 6) is 0. The maximum absolute atomic E-state index is 12.4. The van der Waals surface area contributed by atoms with Crippen molar-refractivity contribution in [2.75, 3.05) is 0 Å². The molecule has 0 amide bonds. The molecule has 84 valence electrons. The molecule has 0 aromatic carbocycles. The van der Waals surface area contributed by atoms with Crippen molar-refractivity contribution >= 4 is 21.6 Å². The number of pyridine rings is 1. The average Bonchev–Trinajstić information content (AvgIpc) is 2.06. The van der Waals surface area contributed by atoms with Gasteiger partial charge in [0.1, 0.15) is 0 Å². The van der Waals surface area contributed by atoms with Crippen molar-refractivity contribution in [2.24, 2.45) is 5.14 Å². The van der Waals surface area contributed by atoms with E-state index in [1.807, 2.05) is 0 Å². The number of rotatable bonds is 2. The van der Waals surface area contributed by atoms with Crippen molar-refractivity contribution in [2.45, 2.75) is 18.4 Å². The Hall–Kier alpha value is -0.790. The number of halogens is 3. The molecule has 1 aromatic heterocycles. The van der Waals surface area contributed by atoms with Gasteiger partial charge >= 0.3 is 0 Å². The Labute approximate surface area is 90.1 Å². The van der Waals surface area contributed by atoms with Gasteiger partial charge in [-0.05, 0) is 13.0 Å². The topological polar surface area (TPSA) is 73.0 Å². The molecule has 0 aliphatic carbocycles. The molecule has 1 rings (SSSR count). The number of aromatic nitrogens is 1. The van der Waals surface area contributed by atoms with Gasteiger partial charge in [-0.2, -0.15) is 0 Å². The molecule has 0 unspecified atom stereocenters. The molecular formula is C7H7ClF2N2O2S. The summed E-state index contributed by atoms with van der Waals surface area (Å²) >= 11 is 5.53. The summed E-state index contributed by atoms with van der Waals surface area (Å²) in [6.07, 6.45) is -2.88. The van der Waals surface area contributed by atoms with Gasteiger partial charge < -0.3 is 0 Å². The largest absolute Gasteiger partial charge is 0.265 e. The summed E-state index contributed by atoms with van der Waals surface area (Å²) in [5.41, 5.74) is -0.591. The Morgan fingerprint density at radius 1 is 1.53 bits per heavy atom. The molecule has 0 fully saturated rings. The van der Waals surface area contributed by atoms with Gasteiger partial charge in [0.25, 0.3) is 16.4 Å². The predicted molar refractivity (Wildman–Crippen MR) is 50.3 cm³/mol. The summed E-state index contributed by atoms with van der Waals surface area (Å²) < 4.78 is 46.7. The van der Waals surface area contributed by atoms with Crippen LogP contribution in [-0.4, -0.2) is 13.4 Å². The molecule has 4 nitrogen and oxygen atoms in total. The van der Waals surface area contributed by atoms with E-state index < -0.39 is 27.0 Å². The SMILES string of the molecule is Cc1nc(S(N)(=O)=O)cc(C(F)F)c1Cl. The lowest BCUT2D eigenvalue weighted by Gasteiger charge is -2.07. The highest BCUT2D eigenvalue weighted by Crippen LogP contribution is 2.30. The van der Waals surface area contributed by atoms with E-state index in [1.54, 1.807) is 0 Å². The quantitative estimate of drug-likeness (QED) is 0.874. The summed E-state index contributed by atoms with van der Waals surface area (Å²) in [4.78, 5) is 3.51. The molecule has 1 aromatic rings. The number of aryl methyl sites for hydroxylation is 1. The van der Waals surface area contributed by atoms with Crippen LogP contribution < -0.4 is 5.14 Å². The fraction of sp³-hybridized carbons (Fsp3) is 0.286. The van der Waals surface area contributed by atoms with Crippen LogP contribution in [0, 0.1) is 6.92 Å². The van der Waals surface area contributed by atoms with Crippen molar-refractivity contribution in [3.05, 3.63) is 22.3 Å². The zero-order valence-corrected chi connectivity index (χ0v) is 9.11. The standard InChI is InChI=1S/C7H7ClF2N2O2S/c1-3-6(8)4(7(9)10)2-5(12-3)15(11,13)14/h2,7H,1H3,(H2,11,13,14). The number of hydrogen-bond acceptors (Lipinski definition) is 3. The highest BCUT2D eigenvalue weighted by atomic mass is 35.5. The molecule has 0 atom stereocenters. The van der Waals surface area contributed by atoms with E-state index in [0.29, 0.717) is 6.07 Å². The van der Waals surface area contributed by atoms with Crippen molar-refractivity contribution < 1.29 is 17.2 Å². The number of hydrogen-bond donors (Lipinski definition) is 1. The van der Waals surface area contributed by atoms with Gasteiger partial charge in [0, 0.05) is 5.56 Å². The zero-order valence-electron chi connectivity index (χ0n) is 7.54. The second-order valence-corrected chi connectivity index (χ2v) is 4.68. The van der Waals surface area contributed by atoms with E-state index in [0.717, 1.165) is 0 Å². The summed E-state index contributed by atoms with van der Waals surface area (Å²) in [7, 11) is -4.10. The van der Waals surface area contributed by atoms with Crippen LogP contribution in [0.5, 0.6) is 0 Å². The minimum atomic E-state index is -4.10. The number of sulfonamides is 1. The van der Waals surface area contributed by atoms with E-state index in [-0.39, 0.29) is 10.7 Å². The van der Waals surface area contributed by atoms with Crippen LogP contribution in [0.4, 0.5) is 8.78 Å². The van der Waals surface area contributed by atoms with Gasteiger partial charge in [-0.15, -0.1) is 0 Å². The lowest BCUT2D eigenvalue weighted by molar-refractivity contribution is 0.151. The van der Waals surface area contributed by atoms with Crippen LogP contribution in [0.15, 0.2) is 11.1 Å². The average molecular weight is 257 g/mol. The molecule has 0 bridgehead atoms. The van der Waals surface area contributed by atoms with Crippen molar-refractivity contribution in [1.82, 2.24) is 4.98 Å². The Bertz CT molecular complexity index is 490. The van der Waals surface area contributed by atoms with E-state index in [2.05, 4.69) is 4.98 Å². The Morgan fingerprint density at radius 2 is 2.07 bits per heavy atom. The maximum atomic E-state index is 12.4. The van der Waals surface area contributed by atoms with Crippen LogP contribution in [0.1, 0.15) is 17.7 Å². The number of nitrogens with zero attached hydrogens (tertiary/aromatic N) is 1. The fourth-order valence-electron chi connectivity index (χ4n) is 0.956. The van der Waals surface area contributed by atoms with Crippen LogP contribution in [0.3, 0.4) is 0 Å². The molecule has 0 radical (unpaired) electrons. The van der Waals surface area contributed by atoms with E-state index in [9.17, 15) is 17.2 Å². The minimum absolute atomic E-state index is 0.00140. The van der Waals surface area contributed by atoms with Gasteiger partial charge in [0.2, 0.25) is 0 Å². The Kier molecular flexibility index (Phi) is 3.27. The van der Waals surface area contributed by atoms with Crippen LogP contribution in [-0.2, 0) is 10.0 Å². The van der Waals surface area contributed by atoms with E-state index in [4.69, 9.17) is 16.7 Å². The van der Waals surface area contributed by atoms with Gasteiger partial charge in [-0.25, -0.2) is 27.3 Å².